The first-order chi connectivity index (χ1) is 8.57. The van der Waals surface area contributed by atoms with Crippen LogP contribution in [0.25, 0.3) is 0 Å². The van der Waals surface area contributed by atoms with E-state index in [1.54, 1.807) is 6.07 Å². The molecule has 0 unspecified atom stereocenters. The third-order valence-electron chi connectivity index (χ3n) is 2.12. The van der Waals surface area contributed by atoms with Gasteiger partial charge >= 0.3 is 0 Å². The molecule has 0 saturated carbocycles. The van der Waals surface area contributed by atoms with Gasteiger partial charge in [0.1, 0.15) is 10.6 Å². The monoisotopic (exact) mass is 510 g/mol. The van der Waals surface area contributed by atoms with Gasteiger partial charge in [0.25, 0.3) is 10.1 Å². The summed E-state index contributed by atoms with van der Waals surface area (Å²) >= 11 is 4.08. The van der Waals surface area contributed by atoms with Gasteiger partial charge in [-0.1, -0.05) is 20.8 Å². The molecule has 0 fully saturated rings. The lowest BCUT2D eigenvalue weighted by atomic mass is 9.99. The highest BCUT2D eigenvalue weighted by molar-refractivity contribution is 14.1. The van der Waals surface area contributed by atoms with E-state index in [0.29, 0.717) is 9.32 Å². The van der Waals surface area contributed by atoms with E-state index in [1.165, 1.54) is 13.2 Å². The van der Waals surface area contributed by atoms with Crippen molar-refractivity contribution in [2.75, 3.05) is 13.7 Å². The molecule has 0 atom stereocenters. The summed E-state index contributed by atoms with van der Waals surface area (Å²) < 4.78 is 36.1. The maximum Gasteiger partial charge on any atom is 0.298 e. The molecule has 0 aliphatic heterocycles. The van der Waals surface area contributed by atoms with E-state index in [0.717, 1.165) is 3.57 Å². The van der Waals surface area contributed by atoms with Crippen molar-refractivity contribution in [3.05, 3.63) is 19.3 Å². The molecule has 1 rings (SSSR count). The molecule has 0 bridgehead atoms. The molecule has 0 heterocycles. The fourth-order valence-electron chi connectivity index (χ4n) is 1.18. The highest BCUT2D eigenvalue weighted by Crippen LogP contribution is 2.30. The molecule has 108 valence electrons. The van der Waals surface area contributed by atoms with Crippen molar-refractivity contribution in [3.8, 4) is 5.75 Å². The van der Waals surface area contributed by atoms with Gasteiger partial charge in [-0.3, -0.25) is 4.18 Å². The maximum atomic E-state index is 12.2. The zero-order valence-corrected chi connectivity index (χ0v) is 16.3. The molecule has 0 aliphatic carbocycles. The van der Waals surface area contributed by atoms with Crippen molar-refractivity contribution in [2.24, 2.45) is 5.41 Å². The van der Waals surface area contributed by atoms with Crippen LogP contribution in [-0.4, -0.2) is 22.1 Å². The molecule has 0 radical (unpaired) electrons. The van der Waals surface area contributed by atoms with Gasteiger partial charge in [-0.2, -0.15) is 8.42 Å². The van der Waals surface area contributed by atoms with Gasteiger partial charge in [-0.25, -0.2) is 0 Å². The topological polar surface area (TPSA) is 52.6 Å². The zero-order chi connectivity index (χ0) is 14.8. The third-order valence-corrected chi connectivity index (χ3v) is 5.53. The van der Waals surface area contributed by atoms with E-state index in [2.05, 4.69) is 22.6 Å². The minimum atomic E-state index is -3.76. The largest absolute Gasteiger partial charge is 0.496 e. The Morgan fingerprint density at radius 2 is 1.74 bits per heavy atom. The smallest absolute Gasteiger partial charge is 0.298 e. The third kappa shape index (κ3) is 5.01. The quantitative estimate of drug-likeness (QED) is 0.459. The number of benzene rings is 1. The summed E-state index contributed by atoms with van der Waals surface area (Å²) in [5, 5.41) is 0. The summed E-state index contributed by atoms with van der Waals surface area (Å²) in [5.41, 5.74) is -0.216. The number of hydrogen-bond acceptors (Lipinski definition) is 4. The van der Waals surface area contributed by atoms with Crippen molar-refractivity contribution in [1.82, 2.24) is 0 Å². The van der Waals surface area contributed by atoms with Crippen molar-refractivity contribution < 1.29 is 17.3 Å². The first-order valence-electron chi connectivity index (χ1n) is 5.49. The SMILES string of the molecule is COc1cc(S(=O)(=O)OCC(C)(C)C)c(I)cc1I. The number of methoxy groups -OCH3 is 1. The maximum absolute atomic E-state index is 12.2. The number of halogens is 2. The van der Waals surface area contributed by atoms with Crippen LogP contribution in [0.5, 0.6) is 5.75 Å². The number of hydrogen-bond donors (Lipinski definition) is 0. The van der Waals surface area contributed by atoms with Crippen molar-refractivity contribution in [2.45, 2.75) is 25.7 Å². The average molecular weight is 510 g/mol. The molecule has 0 N–H and O–H groups in total. The second-order valence-corrected chi connectivity index (χ2v) is 9.10. The molecule has 0 aromatic heterocycles. The van der Waals surface area contributed by atoms with Gasteiger partial charge in [-0.05, 0) is 56.7 Å². The van der Waals surface area contributed by atoms with Crippen LogP contribution in [0, 0.1) is 12.6 Å². The second-order valence-electron chi connectivity index (χ2n) is 5.19. The number of ether oxygens (including phenoxy) is 1. The lowest BCUT2D eigenvalue weighted by Gasteiger charge is -2.18. The Morgan fingerprint density at radius 1 is 1.16 bits per heavy atom. The predicted octanol–water partition coefficient (Wildman–Crippen LogP) is 3.66. The van der Waals surface area contributed by atoms with Gasteiger partial charge in [0.05, 0.1) is 17.3 Å². The summed E-state index contributed by atoms with van der Waals surface area (Å²) in [6, 6.07) is 3.26. The summed E-state index contributed by atoms with van der Waals surface area (Å²) in [4.78, 5) is 0.148. The minimum absolute atomic E-state index is 0.139. The van der Waals surface area contributed by atoms with E-state index < -0.39 is 10.1 Å². The highest BCUT2D eigenvalue weighted by atomic mass is 127. The zero-order valence-electron chi connectivity index (χ0n) is 11.2. The van der Waals surface area contributed by atoms with Crippen LogP contribution < -0.4 is 4.74 Å². The molecule has 19 heavy (non-hydrogen) atoms. The van der Waals surface area contributed by atoms with Crippen LogP contribution in [0.2, 0.25) is 0 Å². The molecule has 0 aliphatic rings. The van der Waals surface area contributed by atoms with Gasteiger partial charge in [0.2, 0.25) is 0 Å². The number of rotatable bonds is 4. The second kappa shape index (κ2) is 6.44. The Kier molecular flexibility index (Phi) is 5.91. The Morgan fingerprint density at radius 3 is 2.21 bits per heavy atom. The fourth-order valence-corrected chi connectivity index (χ4v) is 4.92. The molecule has 7 heteroatoms. The normalized spacial score (nSPS) is 12.5. The van der Waals surface area contributed by atoms with E-state index in [4.69, 9.17) is 8.92 Å². The lowest BCUT2D eigenvalue weighted by molar-refractivity contribution is 0.203. The van der Waals surface area contributed by atoms with Crippen molar-refractivity contribution >= 4 is 55.3 Å². The summed E-state index contributed by atoms with van der Waals surface area (Å²) in [6.07, 6.45) is 0. The summed E-state index contributed by atoms with van der Waals surface area (Å²) in [5.74, 6) is 0.527. The van der Waals surface area contributed by atoms with E-state index in [1.807, 2.05) is 43.4 Å². The molecule has 1 aromatic carbocycles. The predicted molar refractivity (Wildman–Crippen MR) is 91.0 cm³/mol. The summed E-state index contributed by atoms with van der Waals surface area (Å²) in [6.45, 7) is 5.89. The molecule has 0 saturated heterocycles. The van der Waals surface area contributed by atoms with Crippen LogP contribution in [-0.2, 0) is 14.3 Å². The minimum Gasteiger partial charge on any atom is -0.496 e. The van der Waals surface area contributed by atoms with Crippen LogP contribution in [0.4, 0.5) is 0 Å². The van der Waals surface area contributed by atoms with Gasteiger partial charge < -0.3 is 4.74 Å². The molecular formula is C12H16I2O4S. The first-order valence-corrected chi connectivity index (χ1v) is 9.06. The molecular weight excluding hydrogens is 494 g/mol. The molecule has 4 nitrogen and oxygen atoms in total. The van der Waals surface area contributed by atoms with Gasteiger partial charge in [0.15, 0.2) is 0 Å². The Bertz CT molecular complexity index is 562. The van der Waals surface area contributed by atoms with Gasteiger partial charge in [0, 0.05) is 9.64 Å². The van der Waals surface area contributed by atoms with Gasteiger partial charge in [-0.15, -0.1) is 0 Å². The molecule has 0 spiro atoms. The van der Waals surface area contributed by atoms with Crippen LogP contribution in [0.15, 0.2) is 17.0 Å². The van der Waals surface area contributed by atoms with Crippen molar-refractivity contribution in [3.63, 3.8) is 0 Å². The van der Waals surface area contributed by atoms with Crippen LogP contribution in [0.1, 0.15) is 20.8 Å². The molecule has 1 aromatic rings. The van der Waals surface area contributed by atoms with Crippen LogP contribution in [0.3, 0.4) is 0 Å². The van der Waals surface area contributed by atoms with Crippen LogP contribution >= 0.6 is 45.2 Å². The van der Waals surface area contributed by atoms with Crippen molar-refractivity contribution in [1.29, 1.82) is 0 Å². The Balaban J connectivity index is 3.14. The first kappa shape index (κ1) is 17.4. The standard InChI is InChI=1S/C12H16I2O4S/c1-12(2,3)7-18-19(15,16)11-6-10(17-4)8(13)5-9(11)14/h5-6H,7H2,1-4H3. The summed E-state index contributed by atoms with van der Waals surface area (Å²) in [7, 11) is -2.25. The Hall–Kier alpha value is 0.390. The highest BCUT2D eigenvalue weighted by Gasteiger charge is 2.24. The van der Waals surface area contributed by atoms with E-state index >= 15 is 0 Å². The molecule has 0 amide bonds. The average Bonchev–Trinajstić information content (AvgIpc) is 2.25. The lowest BCUT2D eigenvalue weighted by Crippen LogP contribution is -2.19. The van der Waals surface area contributed by atoms with E-state index in [9.17, 15) is 8.42 Å². The van der Waals surface area contributed by atoms with E-state index in [-0.39, 0.29) is 16.9 Å². The fraction of sp³-hybridized carbons (Fsp3) is 0.500. The Labute approximate surface area is 141 Å².